The van der Waals surface area contributed by atoms with E-state index in [0.29, 0.717) is 11.8 Å². The maximum Gasteiger partial charge on any atom is 0.0175 e. The summed E-state index contributed by atoms with van der Waals surface area (Å²) in [6, 6.07) is 11.0. The van der Waals surface area contributed by atoms with Gasteiger partial charge in [0.15, 0.2) is 0 Å². The maximum atomic E-state index is 3.60. The summed E-state index contributed by atoms with van der Waals surface area (Å²) in [5.41, 5.74) is 2.85. The lowest BCUT2D eigenvalue weighted by Gasteiger charge is -2.19. The summed E-state index contributed by atoms with van der Waals surface area (Å²) in [5.74, 6) is 1.23. The number of benzene rings is 1. The SMILES string of the molecule is CC(C)CNCC(Cc1ccsc1)c1ccc(Br)cc1. The van der Waals surface area contributed by atoms with Gasteiger partial charge in [-0.2, -0.15) is 11.3 Å². The number of nitrogens with one attached hydrogen (secondary N) is 1. The van der Waals surface area contributed by atoms with Crippen LogP contribution in [0.1, 0.15) is 30.9 Å². The zero-order valence-electron chi connectivity index (χ0n) is 12.1. The molecule has 1 N–H and O–H groups in total. The van der Waals surface area contributed by atoms with Gasteiger partial charge in [-0.05, 0) is 59.0 Å². The summed E-state index contributed by atoms with van der Waals surface area (Å²) in [4.78, 5) is 0. The zero-order chi connectivity index (χ0) is 14.4. The molecule has 0 radical (unpaired) electrons. The monoisotopic (exact) mass is 351 g/mol. The Kier molecular flexibility index (Phi) is 6.27. The quantitative estimate of drug-likeness (QED) is 0.733. The van der Waals surface area contributed by atoms with Gasteiger partial charge in [0.2, 0.25) is 0 Å². The van der Waals surface area contributed by atoms with E-state index in [4.69, 9.17) is 0 Å². The number of thiophene rings is 1. The predicted molar refractivity (Wildman–Crippen MR) is 92.6 cm³/mol. The molecule has 0 fully saturated rings. The van der Waals surface area contributed by atoms with E-state index >= 15 is 0 Å². The molecule has 0 aliphatic carbocycles. The molecule has 2 aromatic rings. The van der Waals surface area contributed by atoms with E-state index < -0.39 is 0 Å². The van der Waals surface area contributed by atoms with E-state index in [-0.39, 0.29) is 0 Å². The first-order valence-electron chi connectivity index (χ1n) is 7.12. The van der Waals surface area contributed by atoms with Gasteiger partial charge in [-0.1, -0.05) is 41.9 Å². The van der Waals surface area contributed by atoms with Crippen molar-refractivity contribution < 1.29 is 0 Å². The molecule has 20 heavy (non-hydrogen) atoms. The molecule has 0 amide bonds. The Morgan fingerprint density at radius 3 is 2.45 bits per heavy atom. The molecule has 108 valence electrons. The lowest BCUT2D eigenvalue weighted by Crippen LogP contribution is -2.26. The van der Waals surface area contributed by atoms with Gasteiger partial charge < -0.3 is 5.32 Å². The fourth-order valence-corrected chi connectivity index (χ4v) is 3.23. The highest BCUT2D eigenvalue weighted by Crippen LogP contribution is 2.23. The van der Waals surface area contributed by atoms with Gasteiger partial charge in [0.1, 0.15) is 0 Å². The molecular weight excluding hydrogens is 330 g/mol. The van der Waals surface area contributed by atoms with Gasteiger partial charge >= 0.3 is 0 Å². The third-order valence-corrected chi connectivity index (χ3v) is 4.61. The van der Waals surface area contributed by atoms with Gasteiger partial charge in [-0.25, -0.2) is 0 Å². The molecule has 0 saturated heterocycles. The average Bonchev–Trinajstić information content (AvgIpc) is 2.91. The van der Waals surface area contributed by atoms with Crippen molar-refractivity contribution in [1.82, 2.24) is 5.32 Å². The van der Waals surface area contributed by atoms with Gasteiger partial charge in [0, 0.05) is 16.9 Å². The first-order chi connectivity index (χ1) is 9.65. The lowest BCUT2D eigenvalue weighted by atomic mass is 9.93. The molecule has 1 heterocycles. The molecule has 1 atom stereocenters. The summed E-state index contributed by atoms with van der Waals surface area (Å²) in [7, 11) is 0. The van der Waals surface area contributed by atoms with E-state index in [1.165, 1.54) is 11.1 Å². The second-order valence-electron chi connectivity index (χ2n) is 5.64. The summed E-state index contributed by atoms with van der Waals surface area (Å²) in [6.45, 7) is 6.62. The van der Waals surface area contributed by atoms with Gasteiger partial charge in [0.25, 0.3) is 0 Å². The smallest absolute Gasteiger partial charge is 0.0175 e. The number of hydrogen-bond acceptors (Lipinski definition) is 2. The summed E-state index contributed by atoms with van der Waals surface area (Å²) >= 11 is 5.29. The van der Waals surface area contributed by atoms with Crippen LogP contribution in [0, 0.1) is 5.92 Å². The highest BCUT2D eigenvalue weighted by molar-refractivity contribution is 9.10. The van der Waals surface area contributed by atoms with Crippen LogP contribution in [0.4, 0.5) is 0 Å². The predicted octanol–water partition coefficient (Wildman–Crippen LogP) is 5.08. The van der Waals surface area contributed by atoms with Crippen LogP contribution in [-0.4, -0.2) is 13.1 Å². The van der Waals surface area contributed by atoms with Crippen LogP contribution in [-0.2, 0) is 6.42 Å². The van der Waals surface area contributed by atoms with Crippen molar-refractivity contribution in [3.8, 4) is 0 Å². The number of rotatable bonds is 7. The highest BCUT2D eigenvalue weighted by atomic mass is 79.9. The van der Waals surface area contributed by atoms with Crippen LogP contribution in [0.25, 0.3) is 0 Å². The number of halogens is 1. The van der Waals surface area contributed by atoms with Crippen LogP contribution in [0.15, 0.2) is 45.6 Å². The second kappa shape index (κ2) is 7.96. The van der Waals surface area contributed by atoms with Gasteiger partial charge in [-0.3, -0.25) is 0 Å². The Morgan fingerprint density at radius 1 is 1.10 bits per heavy atom. The van der Waals surface area contributed by atoms with Crippen molar-refractivity contribution in [2.24, 2.45) is 5.92 Å². The molecule has 0 aliphatic heterocycles. The van der Waals surface area contributed by atoms with Crippen LogP contribution in [0.5, 0.6) is 0 Å². The Morgan fingerprint density at radius 2 is 1.85 bits per heavy atom. The van der Waals surface area contributed by atoms with Crippen LogP contribution < -0.4 is 5.32 Å². The standard InChI is InChI=1S/C17H22BrNS/c1-13(2)10-19-11-16(9-14-7-8-20-12-14)15-3-5-17(18)6-4-15/h3-8,12-13,16,19H,9-11H2,1-2H3. The molecule has 0 saturated carbocycles. The fraction of sp³-hybridized carbons (Fsp3) is 0.412. The lowest BCUT2D eigenvalue weighted by molar-refractivity contribution is 0.514. The molecule has 1 aromatic carbocycles. The van der Waals surface area contributed by atoms with E-state index in [1.807, 2.05) is 0 Å². The summed E-state index contributed by atoms with van der Waals surface area (Å²) in [6.07, 6.45) is 1.11. The third kappa shape index (κ3) is 5.04. The van der Waals surface area contributed by atoms with E-state index in [0.717, 1.165) is 24.0 Å². The minimum absolute atomic E-state index is 0.538. The van der Waals surface area contributed by atoms with Crippen molar-refractivity contribution in [1.29, 1.82) is 0 Å². The molecule has 2 rings (SSSR count). The highest BCUT2D eigenvalue weighted by Gasteiger charge is 2.13. The zero-order valence-corrected chi connectivity index (χ0v) is 14.5. The summed E-state index contributed by atoms with van der Waals surface area (Å²) < 4.78 is 1.14. The number of hydrogen-bond donors (Lipinski definition) is 1. The normalized spacial score (nSPS) is 12.8. The Labute approximate surface area is 134 Å². The molecule has 0 bridgehead atoms. The van der Waals surface area contributed by atoms with Gasteiger partial charge in [-0.15, -0.1) is 0 Å². The molecule has 0 spiro atoms. The maximum absolute atomic E-state index is 3.60. The minimum Gasteiger partial charge on any atom is -0.316 e. The van der Waals surface area contributed by atoms with Crippen LogP contribution in [0.2, 0.25) is 0 Å². The molecular formula is C17H22BrNS. The minimum atomic E-state index is 0.538. The van der Waals surface area contributed by atoms with Crippen molar-refractivity contribution in [3.63, 3.8) is 0 Å². The topological polar surface area (TPSA) is 12.0 Å². The van der Waals surface area contributed by atoms with Crippen molar-refractivity contribution in [2.45, 2.75) is 26.2 Å². The van der Waals surface area contributed by atoms with E-state index in [9.17, 15) is 0 Å². The molecule has 1 aromatic heterocycles. The van der Waals surface area contributed by atoms with Crippen molar-refractivity contribution in [3.05, 3.63) is 56.7 Å². The fourth-order valence-electron chi connectivity index (χ4n) is 2.28. The van der Waals surface area contributed by atoms with E-state index in [2.05, 4.69) is 76.2 Å². The summed E-state index contributed by atoms with van der Waals surface area (Å²) in [5, 5.41) is 8.02. The van der Waals surface area contributed by atoms with Crippen molar-refractivity contribution >= 4 is 27.3 Å². The Balaban J connectivity index is 2.04. The van der Waals surface area contributed by atoms with Gasteiger partial charge in [0.05, 0.1) is 0 Å². The molecule has 1 nitrogen and oxygen atoms in total. The Bertz CT molecular complexity index is 490. The third-order valence-electron chi connectivity index (χ3n) is 3.35. The van der Waals surface area contributed by atoms with Crippen LogP contribution >= 0.6 is 27.3 Å². The first kappa shape index (κ1) is 15.7. The molecule has 3 heteroatoms. The first-order valence-corrected chi connectivity index (χ1v) is 8.86. The molecule has 0 aliphatic rings. The van der Waals surface area contributed by atoms with Crippen molar-refractivity contribution in [2.75, 3.05) is 13.1 Å². The largest absolute Gasteiger partial charge is 0.316 e. The van der Waals surface area contributed by atoms with E-state index in [1.54, 1.807) is 11.3 Å². The second-order valence-corrected chi connectivity index (χ2v) is 7.33. The average molecular weight is 352 g/mol. The van der Waals surface area contributed by atoms with Crippen LogP contribution in [0.3, 0.4) is 0 Å². The Hall–Kier alpha value is -0.640. The molecule has 1 unspecified atom stereocenters.